The van der Waals surface area contributed by atoms with Gasteiger partial charge in [0.15, 0.2) is 5.79 Å². The molecule has 0 fully saturated rings. The van der Waals surface area contributed by atoms with E-state index in [4.69, 9.17) is 20.1 Å². The number of fused-ring (bicyclic) bond motifs is 1. The number of allylic oxidation sites excluding steroid dienone is 1. The largest absolute Gasteiger partial charge is 0.493 e. The first kappa shape index (κ1) is 31.1. The highest BCUT2D eigenvalue weighted by atomic mass is 16.6. The summed E-state index contributed by atoms with van der Waals surface area (Å²) in [5, 5.41) is 16.5. The monoisotopic (exact) mass is 572 g/mol. The first-order valence-electron chi connectivity index (χ1n) is 14.5. The van der Waals surface area contributed by atoms with Gasteiger partial charge in [-0.1, -0.05) is 41.3 Å². The summed E-state index contributed by atoms with van der Waals surface area (Å²) in [7, 11) is 0. The van der Waals surface area contributed by atoms with Crippen LogP contribution in [0.4, 0.5) is 0 Å². The van der Waals surface area contributed by atoms with Gasteiger partial charge >= 0.3 is 0 Å². The predicted molar refractivity (Wildman–Crippen MR) is 166 cm³/mol. The zero-order valence-electron chi connectivity index (χ0n) is 25.5. The Morgan fingerprint density at radius 1 is 1.05 bits per heavy atom. The van der Waals surface area contributed by atoms with Crippen LogP contribution in [0.5, 0.6) is 11.5 Å². The minimum absolute atomic E-state index is 0.400. The summed E-state index contributed by atoms with van der Waals surface area (Å²) in [6, 6.07) is 17.0. The molecule has 1 aliphatic rings. The molecule has 8 heteroatoms. The molecule has 4 rings (SSSR count). The van der Waals surface area contributed by atoms with Crippen LogP contribution in [0.2, 0.25) is 0 Å². The number of nitrogens with one attached hydrogen (secondary N) is 1. The van der Waals surface area contributed by atoms with Crippen molar-refractivity contribution in [2.24, 2.45) is 16.3 Å². The molecule has 0 spiro atoms. The average Bonchev–Trinajstić information content (AvgIpc) is 3.32. The van der Waals surface area contributed by atoms with Crippen molar-refractivity contribution < 1.29 is 19.3 Å². The molecule has 1 atom stereocenters. The number of nitrogens with two attached hydrogens (primary N) is 1. The van der Waals surface area contributed by atoms with Gasteiger partial charge in [-0.2, -0.15) is 0 Å². The number of hydrogen-bond acceptors (Lipinski definition) is 6. The third-order valence-corrected chi connectivity index (χ3v) is 7.70. The van der Waals surface area contributed by atoms with Crippen LogP contribution in [-0.4, -0.2) is 24.1 Å². The lowest BCUT2D eigenvalue weighted by Crippen LogP contribution is -2.24. The third-order valence-electron chi connectivity index (χ3n) is 7.70. The summed E-state index contributed by atoms with van der Waals surface area (Å²) < 4.78 is 17.7. The van der Waals surface area contributed by atoms with E-state index in [9.17, 15) is 5.11 Å². The smallest absolute Gasteiger partial charge is 0.159 e. The van der Waals surface area contributed by atoms with Gasteiger partial charge in [0.2, 0.25) is 0 Å². The van der Waals surface area contributed by atoms with E-state index < -0.39 is 5.79 Å². The molecule has 0 aliphatic heterocycles. The van der Waals surface area contributed by atoms with E-state index in [-0.39, 0.29) is 0 Å². The van der Waals surface area contributed by atoms with Crippen LogP contribution in [0.15, 0.2) is 71.3 Å². The maximum absolute atomic E-state index is 9.68. The predicted octanol–water partition coefficient (Wildman–Crippen LogP) is 7.14. The lowest BCUT2D eigenvalue weighted by atomic mass is 9.90. The molecule has 0 saturated heterocycles. The van der Waals surface area contributed by atoms with Gasteiger partial charge in [-0.3, -0.25) is 5.43 Å². The van der Waals surface area contributed by atoms with E-state index >= 15 is 0 Å². The molecule has 0 radical (unpaired) electrons. The Hall–Kier alpha value is -3.88. The lowest BCUT2D eigenvalue weighted by Gasteiger charge is -2.19. The number of benzene rings is 3. The van der Waals surface area contributed by atoms with Crippen molar-refractivity contribution in [3.8, 4) is 22.6 Å². The maximum atomic E-state index is 9.68. The summed E-state index contributed by atoms with van der Waals surface area (Å²) >= 11 is 0. The molecule has 3 aromatic carbocycles. The Kier molecular flexibility index (Phi) is 10.2. The fourth-order valence-electron chi connectivity index (χ4n) is 5.70. The normalized spacial score (nSPS) is 14.7. The van der Waals surface area contributed by atoms with Gasteiger partial charge in [-0.25, -0.2) is 0 Å². The number of nitrogens with zero attached hydrogens (tertiary/aromatic N) is 2. The number of ether oxygens (including phenoxy) is 3. The molecule has 224 valence electrons. The third kappa shape index (κ3) is 8.11. The highest BCUT2D eigenvalue weighted by molar-refractivity contribution is 5.75. The number of aryl methyl sites for hydroxylation is 3. The van der Waals surface area contributed by atoms with E-state index in [1.54, 1.807) is 13.8 Å². The van der Waals surface area contributed by atoms with E-state index in [0.29, 0.717) is 32.2 Å². The quantitative estimate of drug-likeness (QED) is 0.0623. The molecule has 8 nitrogen and oxygen atoms in total. The second kappa shape index (κ2) is 13.9. The van der Waals surface area contributed by atoms with Crippen molar-refractivity contribution in [3.05, 3.63) is 94.2 Å². The van der Waals surface area contributed by atoms with Crippen LogP contribution in [-0.2, 0) is 17.8 Å². The van der Waals surface area contributed by atoms with Crippen molar-refractivity contribution in [2.75, 3.05) is 13.2 Å². The van der Waals surface area contributed by atoms with E-state index in [2.05, 4.69) is 91.8 Å². The van der Waals surface area contributed by atoms with Gasteiger partial charge in [-0.05, 0) is 129 Å². The molecule has 0 heterocycles. The Balaban J connectivity index is 1.40. The van der Waals surface area contributed by atoms with Crippen molar-refractivity contribution in [1.29, 1.82) is 0 Å². The molecule has 0 bridgehead atoms. The van der Waals surface area contributed by atoms with Crippen LogP contribution < -0.4 is 20.7 Å². The fourth-order valence-corrected chi connectivity index (χ4v) is 5.70. The van der Waals surface area contributed by atoms with Gasteiger partial charge in [-0.15, -0.1) is 0 Å². The summed E-state index contributed by atoms with van der Waals surface area (Å²) in [5.74, 6) is 6.08. The summed E-state index contributed by atoms with van der Waals surface area (Å²) in [5.41, 5.74) is 13.4. The Morgan fingerprint density at radius 2 is 1.81 bits per heavy atom. The Bertz CT molecular complexity index is 1400. The van der Waals surface area contributed by atoms with Crippen LogP contribution in [0.25, 0.3) is 11.1 Å². The average molecular weight is 573 g/mol. The van der Waals surface area contributed by atoms with Crippen LogP contribution >= 0.6 is 0 Å². The van der Waals surface area contributed by atoms with E-state index in [0.717, 1.165) is 53.1 Å². The number of hydrogen-bond donors (Lipinski definition) is 3. The van der Waals surface area contributed by atoms with Crippen molar-refractivity contribution in [2.45, 2.75) is 78.6 Å². The van der Waals surface area contributed by atoms with Crippen molar-refractivity contribution >= 4 is 0 Å². The van der Waals surface area contributed by atoms with Gasteiger partial charge in [0.1, 0.15) is 18.1 Å². The van der Waals surface area contributed by atoms with Crippen LogP contribution in [0.3, 0.4) is 0 Å². The topological polar surface area (TPSA) is 111 Å². The van der Waals surface area contributed by atoms with Crippen LogP contribution in [0, 0.1) is 20.8 Å². The fraction of sp³-hybridized carbons (Fsp3) is 0.412. The molecule has 0 saturated carbocycles. The maximum Gasteiger partial charge on any atom is 0.159 e. The minimum Gasteiger partial charge on any atom is -0.493 e. The van der Waals surface area contributed by atoms with Gasteiger partial charge in [0.05, 0.1) is 13.2 Å². The zero-order valence-corrected chi connectivity index (χ0v) is 25.5. The van der Waals surface area contributed by atoms with Gasteiger partial charge in [0.25, 0.3) is 0 Å². The van der Waals surface area contributed by atoms with E-state index in [1.807, 2.05) is 0 Å². The molecule has 0 aromatic heterocycles. The second-order valence-electron chi connectivity index (χ2n) is 11.5. The molecule has 3 aromatic rings. The molecule has 4 N–H and O–H groups in total. The SMILES string of the molecule is C=C(CC1CCc2cc(OCc3cccc(-c4c(C)cc(OCCCOC(C)(C)O)cc4C)c3C)ccc21)N/N=N\N. The van der Waals surface area contributed by atoms with Gasteiger partial charge < -0.3 is 25.2 Å². The Morgan fingerprint density at radius 3 is 2.52 bits per heavy atom. The van der Waals surface area contributed by atoms with Crippen LogP contribution in [0.1, 0.15) is 72.4 Å². The standard InChI is InChI=1S/C34H44N4O4/c1-22-17-30(40-15-8-16-42-34(5,6)39)18-23(2)33(22)31-10-7-9-28(25(31)4)21-41-29-13-14-32-26(11-12-27(32)20-29)19-24(3)36-38-37-35/h7,9-10,13-14,17-18,20,26,39H,3,8,11-12,15-16,19,21H2,1-2,4-6H3,(H2,35,38)(H,36,37). The lowest BCUT2D eigenvalue weighted by molar-refractivity contribution is -0.176. The van der Waals surface area contributed by atoms with Crippen molar-refractivity contribution in [3.63, 3.8) is 0 Å². The number of rotatable bonds is 14. The van der Waals surface area contributed by atoms with Crippen molar-refractivity contribution in [1.82, 2.24) is 5.43 Å². The second-order valence-corrected chi connectivity index (χ2v) is 11.5. The highest BCUT2D eigenvalue weighted by Gasteiger charge is 2.24. The molecular formula is C34H44N4O4. The van der Waals surface area contributed by atoms with E-state index in [1.165, 1.54) is 27.8 Å². The highest BCUT2D eigenvalue weighted by Crippen LogP contribution is 2.39. The molecular weight excluding hydrogens is 528 g/mol. The summed E-state index contributed by atoms with van der Waals surface area (Å²) in [6.45, 7) is 15.2. The van der Waals surface area contributed by atoms with Gasteiger partial charge in [0, 0.05) is 12.1 Å². The molecule has 1 aliphatic carbocycles. The molecule has 0 amide bonds. The summed E-state index contributed by atoms with van der Waals surface area (Å²) in [4.78, 5) is 0. The molecule has 1 unspecified atom stereocenters. The Labute approximate surface area is 249 Å². The first-order chi connectivity index (χ1) is 20.1. The summed E-state index contributed by atoms with van der Waals surface area (Å²) in [6.07, 6.45) is 3.58. The molecule has 42 heavy (non-hydrogen) atoms. The number of aliphatic hydroxyl groups is 1. The first-order valence-corrected chi connectivity index (χ1v) is 14.5. The minimum atomic E-state index is -1.12. The zero-order chi connectivity index (χ0) is 30.3.